The zero-order valence-corrected chi connectivity index (χ0v) is 14.2. The summed E-state index contributed by atoms with van der Waals surface area (Å²) < 4.78 is 2.15. The molecule has 0 saturated carbocycles. The van der Waals surface area contributed by atoms with Gasteiger partial charge in [0, 0.05) is 13.7 Å². The Balaban J connectivity index is 1.99. The van der Waals surface area contributed by atoms with Crippen molar-refractivity contribution >= 4 is 50.1 Å². The van der Waals surface area contributed by atoms with Crippen LogP contribution in [0.3, 0.4) is 0 Å². The predicted octanol–water partition coefficient (Wildman–Crippen LogP) is 3.60. The van der Waals surface area contributed by atoms with Gasteiger partial charge in [-0.05, 0) is 63.5 Å². The van der Waals surface area contributed by atoms with Gasteiger partial charge in [-0.25, -0.2) is 0 Å². The van der Waals surface area contributed by atoms with Crippen molar-refractivity contribution in [1.29, 1.82) is 0 Å². The highest BCUT2D eigenvalue weighted by Gasteiger charge is 2.20. The molecule has 1 aliphatic rings. The largest absolute Gasteiger partial charge is 0.326 e. The van der Waals surface area contributed by atoms with Gasteiger partial charge in [-0.1, -0.05) is 28.1 Å². The van der Waals surface area contributed by atoms with Crippen molar-refractivity contribution in [3.63, 3.8) is 0 Å². The Bertz CT molecular complexity index is 702. The van der Waals surface area contributed by atoms with Crippen LogP contribution in [0, 0.1) is 3.57 Å². The molecule has 0 fully saturated rings. The molecule has 5 heteroatoms. The average Bonchev–Trinajstić information content (AvgIpc) is 2.79. The van der Waals surface area contributed by atoms with Crippen molar-refractivity contribution in [3.8, 4) is 0 Å². The molecular formula is C15H12BrIN2O. The first-order valence-electron chi connectivity index (χ1n) is 6.18. The van der Waals surface area contributed by atoms with Gasteiger partial charge < -0.3 is 11.1 Å². The Morgan fingerprint density at radius 3 is 2.85 bits per heavy atom. The lowest BCUT2D eigenvalue weighted by molar-refractivity contribution is -0.115. The number of rotatable bonds is 2. The lowest BCUT2D eigenvalue weighted by Gasteiger charge is -2.16. The number of carbonyl (C=O) groups is 1. The van der Waals surface area contributed by atoms with Crippen LogP contribution < -0.4 is 11.1 Å². The number of amides is 1. The van der Waals surface area contributed by atoms with Gasteiger partial charge in [0.2, 0.25) is 5.91 Å². The lowest BCUT2D eigenvalue weighted by Crippen LogP contribution is -2.13. The minimum absolute atomic E-state index is 0.0442. The Kier molecular flexibility index (Phi) is 3.83. The maximum absolute atomic E-state index is 11.4. The third-order valence-electron chi connectivity index (χ3n) is 3.41. The molecule has 0 aromatic heterocycles. The summed E-state index contributed by atoms with van der Waals surface area (Å²) in [5, 5.41) is 2.84. The first-order chi connectivity index (χ1) is 9.54. The van der Waals surface area contributed by atoms with Gasteiger partial charge in [0.05, 0.1) is 12.5 Å². The average molecular weight is 443 g/mol. The van der Waals surface area contributed by atoms with Crippen LogP contribution in [0.1, 0.15) is 22.7 Å². The third kappa shape index (κ3) is 2.62. The number of fused-ring (bicyclic) bond motifs is 1. The second kappa shape index (κ2) is 5.46. The van der Waals surface area contributed by atoms with Crippen LogP contribution in [0.2, 0.25) is 0 Å². The molecule has 102 valence electrons. The molecule has 1 atom stereocenters. The Morgan fingerprint density at radius 2 is 2.05 bits per heavy atom. The summed E-state index contributed by atoms with van der Waals surface area (Å²) >= 11 is 5.77. The van der Waals surface area contributed by atoms with E-state index in [9.17, 15) is 4.79 Å². The normalized spacial score (nSPS) is 14.8. The van der Waals surface area contributed by atoms with Gasteiger partial charge in [0.25, 0.3) is 0 Å². The number of hydrogen-bond donors (Lipinski definition) is 2. The number of carbonyl (C=O) groups excluding carboxylic acids is 1. The highest BCUT2D eigenvalue weighted by atomic mass is 127. The van der Waals surface area contributed by atoms with Gasteiger partial charge in [0.1, 0.15) is 0 Å². The van der Waals surface area contributed by atoms with E-state index in [4.69, 9.17) is 5.73 Å². The number of anilines is 1. The number of nitrogens with two attached hydrogens (primary N) is 1. The molecule has 0 radical (unpaired) electrons. The van der Waals surface area contributed by atoms with E-state index in [2.05, 4.69) is 43.8 Å². The molecule has 0 aliphatic carbocycles. The fraction of sp³-hybridized carbons (Fsp3) is 0.133. The molecule has 2 aromatic carbocycles. The van der Waals surface area contributed by atoms with Gasteiger partial charge in [0.15, 0.2) is 0 Å². The third-order valence-corrected chi connectivity index (χ3v) is 4.88. The second-order valence-electron chi connectivity index (χ2n) is 4.79. The Hall–Kier alpha value is -0.920. The molecule has 1 aliphatic heterocycles. The highest BCUT2D eigenvalue weighted by Crippen LogP contribution is 2.31. The Labute approximate surface area is 139 Å². The minimum Gasteiger partial charge on any atom is -0.326 e. The summed E-state index contributed by atoms with van der Waals surface area (Å²) in [5.41, 5.74) is 10.4. The summed E-state index contributed by atoms with van der Waals surface area (Å²) in [6, 6.07) is 11.8. The minimum atomic E-state index is -0.194. The molecule has 0 spiro atoms. The molecule has 0 bridgehead atoms. The van der Waals surface area contributed by atoms with Crippen LogP contribution in [-0.2, 0) is 11.2 Å². The van der Waals surface area contributed by atoms with E-state index < -0.39 is 0 Å². The van der Waals surface area contributed by atoms with Crippen molar-refractivity contribution < 1.29 is 4.79 Å². The molecule has 0 saturated heterocycles. The van der Waals surface area contributed by atoms with E-state index in [1.165, 1.54) is 0 Å². The van der Waals surface area contributed by atoms with E-state index >= 15 is 0 Å². The van der Waals surface area contributed by atoms with Gasteiger partial charge in [-0.3, -0.25) is 4.79 Å². The van der Waals surface area contributed by atoms with E-state index in [1.54, 1.807) is 0 Å². The van der Waals surface area contributed by atoms with Crippen LogP contribution >= 0.6 is 38.5 Å². The molecule has 20 heavy (non-hydrogen) atoms. The van der Waals surface area contributed by atoms with Crippen LogP contribution in [0.4, 0.5) is 5.69 Å². The fourth-order valence-corrected chi connectivity index (χ4v) is 3.42. The maximum Gasteiger partial charge on any atom is 0.228 e. The summed E-state index contributed by atoms with van der Waals surface area (Å²) in [4.78, 5) is 11.4. The highest BCUT2D eigenvalue weighted by molar-refractivity contribution is 14.1. The molecular weight excluding hydrogens is 431 g/mol. The Morgan fingerprint density at radius 1 is 1.25 bits per heavy atom. The quantitative estimate of drug-likeness (QED) is 0.698. The van der Waals surface area contributed by atoms with Gasteiger partial charge in [-0.15, -0.1) is 0 Å². The summed E-state index contributed by atoms with van der Waals surface area (Å²) in [6.07, 6.45) is 0.436. The van der Waals surface area contributed by atoms with Gasteiger partial charge in [-0.2, -0.15) is 0 Å². The van der Waals surface area contributed by atoms with E-state index in [-0.39, 0.29) is 11.9 Å². The summed E-state index contributed by atoms with van der Waals surface area (Å²) in [7, 11) is 0. The molecule has 1 unspecified atom stereocenters. The van der Waals surface area contributed by atoms with Crippen LogP contribution in [0.15, 0.2) is 40.9 Å². The first-order valence-corrected chi connectivity index (χ1v) is 8.05. The number of benzene rings is 2. The number of hydrogen-bond acceptors (Lipinski definition) is 2. The summed E-state index contributed by atoms with van der Waals surface area (Å²) in [6.45, 7) is 0. The molecule has 3 nitrogen and oxygen atoms in total. The molecule has 3 N–H and O–H groups in total. The van der Waals surface area contributed by atoms with E-state index in [1.807, 2.05) is 36.4 Å². The summed E-state index contributed by atoms with van der Waals surface area (Å²) in [5.74, 6) is 0.0442. The van der Waals surface area contributed by atoms with Gasteiger partial charge >= 0.3 is 0 Å². The number of nitrogens with one attached hydrogen (secondary N) is 1. The molecule has 1 amide bonds. The van der Waals surface area contributed by atoms with E-state index in [0.717, 1.165) is 30.4 Å². The maximum atomic E-state index is 11.4. The fourth-order valence-electron chi connectivity index (χ4n) is 2.38. The topological polar surface area (TPSA) is 55.1 Å². The standard InChI is InChI=1S/C15H12BrIN2O/c16-10-2-3-12(17)11(7-10)15(18)8-1-4-13-9(5-8)6-14(20)19-13/h1-5,7,15H,6,18H2,(H,19,20). The molecule has 1 heterocycles. The first kappa shape index (κ1) is 14.0. The van der Waals surface area contributed by atoms with Crippen LogP contribution in [0.25, 0.3) is 0 Å². The van der Waals surface area contributed by atoms with Crippen LogP contribution in [0.5, 0.6) is 0 Å². The van der Waals surface area contributed by atoms with Crippen molar-refractivity contribution in [2.75, 3.05) is 5.32 Å². The van der Waals surface area contributed by atoms with Crippen molar-refractivity contribution in [1.82, 2.24) is 0 Å². The smallest absolute Gasteiger partial charge is 0.228 e. The molecule has 3 rings (SSSR count). The zero-order chi connectivity index (χ0) is 14.3. The number of halogens is 2. The van der Waals surface area contributed by atoms with E-state index in [0.29, 0.717) is 6.42 Å². The van der Waals surface area contributed by atoms with Crippen molar-refractivity contribution in [2.24, 2.45) is 5.73 Å². The molecule has 2 aromatic rings. The lowest BCUT2D eigenvalue weighted by atomic mass is 9.97. The van der Waals surface area contributed by atoms with Crippen molar-refractivity contribution in [3.05, 3.63) is 61.1 Å². The van der Waals surface area contributed by atoms with Crippen LogP contribution in [-0.4, -0.2) is 5.91 Å². The van der Waals surface area contributed by atoms with Crippen molar-refractivity contribution in [2.45, 2.75) is 12.5 Å². The predicted molar refractivity (Wildman–Crippen MR) is 91.7 cm³/mol. The second-order valence-corrected chi connectivity index (χ2v) is 6.86. The zero-order valence-electron chi connectivity index (χ0n) is 10.5. The SMILES string of the molecule is NC(c1ccc2c(c1)CC(=O)N2)c1cc(Br)ccc1I. The monoisotopic (exact) mass is 442 g/mol.